The summed E-state index contributed by atoms with van der Waals surface area (Å²) >= 11 is 26.6. The van der Waals surface area contributed by atoms with Crippen molar-refractivity contribution in [3.05, 3.63) is 242 Å². The average Bonchev–Trinajstić information content (AvgIpc) is 0.801. The number of aliphatic hydroxyl groups is 3. The van der Waals surface area contributed by atoms with Crippen LogP contribution in [0.5, 0.6) is 23.0 Å². The number of carbonyl (C=O) groups excluding carboxylic acids is 1. The molecule has 0 amide bonds. The smallest absolute Gasteiger partial charge is 2.00 e. The summed E-state index contributed by atoms with van der Waals surface area (Å²) in [6.07, 6.45) is -0.702. The SMILES string of the molecule is C[C@@H](O)[C@H]1COc2c(F)ccc(F)c2[C@@H]1Sc1ccc(Cl)cc1.C[C@H](O)[C@H]1COc2c(F)ccc(F)c2[C@@H]1Sc1ccc(Cl)cc1.O=C[C@H]1COc2c(F)ccc(F)c2[C@@H]1Sc1ccc(Cl)cc1.OC[C@H]1COc2c(F)ccc(F)c2[C@@H]1Sc1ccc(Cl)cc1.[Br-].[CH3-].[Cl][Ce]([Cl])[Cl].[Mg+2]. The van der Waals surface area contributed by atoms with E-state index in [4.69, 9.17) is 82.2 Å². The first-order valence-electron chi connectivity index (χ1n) is 28.2. The maximum Gasteiger partial charge on any atom is 2.00 e. The molecule has 3 N–H and O–H groups in total. The van der Waals surface area contributed by atoms with Gasteiger partial charge in [-0.05, 0) is 159 Å². The Morgan fingerprint density at radius 3 is 0.948 bits per heavy atom. The Bertz CT molecular complexity index is 3740. The molecule has 0 spiro atoms. The number of fused-ring (bicyclic) bond motifs is 4. The van der Waals surface area contributed by atoms with Crippen LogP contribution in [0.15, 0.2) is 165 Å². The van der Waals surface area contributed by atoms with Gasteiger partial charge in [0, 0.05) is 95.4 Å². The summed E-state index contributed by atoms with van der Waals surface area (Å²) in [6.45, 7) is 3.54. The van der Waals surface area contributed by atoms with E-state index in [2.05, 4.69) is 0 Å². The molecule has 0 aromatic heterocycles. The van der Waals surface area contributed by atoms with Crippen molar-refractivity contribution in [3.63, 3.8) is 0 Å². The number of thioether (sulfide) groups is 4. The van der Waals surface area contributed by atoms with E-state index in [0.717, 1.165) is 74.4 Å². The quantitative estimate of drug-likeness (QED) is 0.0468. The Hall–Kier alpha value is -2.00. The van der Waals surface area contributed by atoms with Crippen molar-refractivity contribution in [3.8, 4) is 23.0 Å². The minimum atomic E-state index is -2.24. The summed E-state index contributed by atoms with van der Waals surface area (Å²) in [4.78, 5) is 14.7. The number of hydrogen-bond acceptors (Lipinski definition) is 12. The maximum atomic E-state index is 14.3. The molecule has 8 aromatic rings. The predicted octanol–water partition coefficient (Wildman–Crippen LogP) is 17.9. The van der Waals surface area contributed by atoms with Gasteiger partial charge in [-0.15, -0.1) is 47.0 Å². The van der Waals surface area contributed by atoms with E-state index in [9.17, 15) is 55.2 Å². The number of carbonyl (C=O) groups is 1. The molecule has 0 fully saturated rings. The second-order valence-electron chi connectivity index (χ2n) is 21.1. The minimum Gasteiger partial charge on any atom is 2.00 e. The molecule has 97 heavy (non-hydrogen) atoms. The first-order chi connectivity index (χ1) is 44.9. The number of rotatable bonds is 12. The summed E-state index contributed by atoms with van der Waals surface area (Å²) < 4.78 is 134. The largest absolute Gasteiger partial charge is 2.00 e. The summed E-state index contributed by atoms with van der Waals surface area (Å²) in [6, 6.07) is 36.8. The first-order valence-corrected chi connectivity index (χ1v) is 45.1. The molecule has 10 atom stereocenters. The van der Waals surface area contributed by atoms with Crippen LogP contribution in [0.2, 0.25) is 20.1 Å². The number of aliphatic hydroxyl groups excluding tert-OH is 3. The van der Waals surface area contributed by atoms with Crippen molar-refractivity contribution in [2.45, 2.75) is 66.6 Å². The zero-order valence-corrected chi connectivity index (χ0v) is 65.7. The Kier molecular flexibility index (Phi) is 36.1. The molecular weight excluding hydrogens is 1710 g/mol. The van der Waals surface area contributed by atoms with Crippen molar-refractivity contribution in [2.24, 2.45) is 23.7 Å². The van der Waals surface area contributed by atoms with E-state index in [1.807, 2.05) is 36.4 Å². The topological polar surface area (TPSA) is 115 Å². The van der Waals surface area contributed by atoms with E-state index in [1.54, 1.807) is 74.5 Å². The van der Waals surface area contributed by atoms with E-state index in [0.29, 0.717) is 20.1 Å². The average molecular weight is 1760 g/mol. The van der Waals surface area contributed by atoms with E-state index < -0.39 is 116 Å². The molecule has 515 valence electrons. The van der Waals surface area contributed by atoms with Gasteiger partial charge in [-0.1, -0.05) is 46.4 Å². The molecule has 0 bridgehead atoms. The van der Waals surface area contributed by atoms with Crippen molar-refractivity contribution in [1.29, 1.82) is 0 Å². The first kappa shape index (κ1) is 85.6. The van der Waals surface area contributed by atoms with Crippen LogP contribution in [0.4, 0.5) is 35.1 Å². The molecule has 0 saturated heterocycles. The van der Waals surface area contributed by atoms with Gasteiger partial charge in [0.25, 0.3) is 0 Å². The van der Waals surface area contributed by atoms with Crippen LogP contribution in [0.25, 0.3) is 0 Å². The van der Waals surface area contributed by atoms with Crippen LogP contribution in [0.1, 0.15) is 57.1 Å². The summed E-state index contributed by atoms with van der Waals surface area (Å²) in [7, 11) is 0. The fourth-order valence-electron chi connectivity index (χ4n) is 10.1. The van der Waals surface area contributed by atoms with Crippen molar-refractivity contribution >= 4 is 140 Å². The second kappa shape index (κ2) is 40.9. The zero-order chi connectivity index (χ0) is 68.1. The summed E-state index contributed by atoms with van der Waals surface area (Å²) in [5.41, 5.74) is 15.7. The van der Waals surface area contributed by atoms with Crippen LogP contribution < -0.4 is 35.9 Å². The van der Waals surface area contributed by atoms with Gasteiger partial charge in [0.15, 0.2) is 46.3 Å². The number of benzene rings is 8. The molecule has 12 rings (SSSR count). The third kappa shape index (κ3) is 23.0. The van der Waals surface area contributed by atoms with Crippen molar-refractivity contribution in [2.75, 3.05) is 33.0 Å². The normalized spacial score (nSPS) is 19.6. The third-order valence-corrected chi connectivity index (χ3v) is 21.3. The second-order valence-corrected chi connectivity index (χ2v) is 41.5. The summed E-state index contributed by atoms with van der Waals surface area (Å²) in [5.74, 6) is -6.40. The molecule has 0 aliphatic carbocycles. The Morgan fingerprint density at radius 1 is 0.433 bits per heavy atom. The van der Waals surface area contributed by atoms with Crippen LogP contribution in [-0.4, -0.2) is 89.9 Å². The van der Waals surface area contributed by atoms with Crippen molar-refractivity contribution < 1.29 is 122 Å². The number of halogens is 16. The monoisotopic (exact) mass is 1760 g/mol. The fourth-order valence-corrected chi connectivity index (χ4v) is 15.9. The Labute approximate surface area is 642 Å². The van der Waals surface area contributed by atoms with Crippen LogP contribution in [0, 0.1) is 108 Å². The van der Waals surface area contributed by atoms with Crippen LogP contribution in [0.3, 0.4) is 0 Å². The van der Waals surface area contributed by atoms with Gasteiger partial charge in [-0.3, -0.25) is 0 Å². The molecule has 30 heteroatoms. The minimum absolute atomic E-state index is 0. The van der Waals surface area contributed by atoms with Crippen LogP contribution >= 0.6 is 110 Å². The molecule has 8 aromatic carbocycles. The Balaban J connectivity index is 0.000000227. The summed E-state index contributed by atoms with van der Waals surface area (Å²) in [5, 5.41) is 30.1. The van der Waals surface area contributed by atoms with E-state index in [-0.39, 0.29) is 144 Å². The van der Waals surface area contributed by atoms with Gasteiger partial charge < -0.3 is 63.5 Å². The van der Waals surface area contributed by atoms with Gasteiger partial charge >= 0.3 is 70.6 Å². The number of hydrogen-bond donors (Lipinski definition) is 3. The predicted molar refractivity (Wildman–Crippen MR) is 368 cm³/mol. The molecular formula is C67H57BrCeCl7F8MgO8S4. The molecule has 0 unspecified atom stereocenters. The van der Waals surface area contributed by atoms with Gasteiger partial charge in [-0.2, -0.15) is 0 Å². The van der Waals surface area contributed by atoms with Gasteiger partial charge in [0.1, 0.15) is 29.6 Å². The number of aldehydes is 1. The zero-order valence-electron chi connectivity index (χ0n) is 51.0. The Morgan fingerprint density at radius 2 is 0.670 bits per heavy atom. The standard InChI is InChI=1S/2C17H15ClF2O2S.C16H13ClF2O2S.C16H11ClF2O2S.CH3.BrH.Ce.3ClH.Mg/c2*1-9(21)12-8-22-16-14(20)7-6-13(19)15(16)17(12)23-11-4-2-10(18)3-5-11;2*17-10-1-3-11(4-2-10)22-16-9(7-20)8-21-15-13(19)6-5-12(18)14(15)16;;;;;;;/h2*2-7,9,12,17,21H,8H2,1H3;1-6,9,16,20H,7-8H2;1-7,9,16H,8H2;1H3;1H;;3*1H;/q;;;;-1;;+3;;;;+2/p-4/t9-,12+,17+;9-,12-,17-;2*9-,16+;;;;;;;/m0100......./s1. The van der Waals surface area contributed by atoms with Crippen molar-refractivity contribution in [1.82, 2.24) is 0 Å². The maximum absolute atomic E-state index is 14.3. The molecule has 4 heterocycles. The molecule has 0 radical (unpaired) electrons. The molecule has 4 aliphatic rings. The van der Waals surface area contributed by atoms with Gasteiger partial charge in [0.2, 0.25) is 0 Å². The molecule has 0 saturated carbocycles. The van der Waals surface area contributed by atoms with Gasteiger partial charge in [0.05, 0.1) is 56.4 Å². The van der Waals surface area contributed by atoms with Crippen LogP contribution in [-0.2, 0) is 4.79 Å². The van der Waals surface area contributed by atoms with E-state index >= 15 is 0 Å². The van der Waals surface area contributed by atoms with E-state index in [1.165, 1.54) is 47.0 Å². The molecule has 4 aliphatic heterocycles. The number of ether oxygens (including phenoxy) is 4. The molecule has 8 nitrogen and oxygen atoms in total. The fraction of sp³-hybridized carbons (Fsp3) is 0.254. The third-order valence-electron chi connectivity index (χ3n) is 14.8. The van der Waals surface area contributed by atoms with Gasteiger partial charge in [-0.25, -0.2) is 35.1 Å².